The second-order valence-electron chi connectivity index (χ2n) is 7.05. The van der Waals surface area contributed by atoms with Gasteiger partial charge in [-0.1, -0.05) is 84.9 Å². The third kappa shape index (κ3) is 3.81. The summed E-state index contributed by atoms with van der Waals surface area (Å²) in [6.07, 6.45) is 0.200. The van der Waals surface area contributed by atoms with Crippen LogP contribution in [-0.2, 0) is 16.8 Å². The molecule has 3 heteroatoms. The Hall–Kier alpha value is -2.46. The van der Waals surface area contributed by atoms with Crippen LogP contribution in [0.3, 0.4) is 0 Å². The molecule has 0 radical (unpaired) electrons. The van der Waals surface area contributed by atoms with Crippen LogP contribution in [0.5, 0.6) is 0 Å². The Bertz CT molecular complexity index is 860. The van der Waals surface area contributed by atoms with Gasteiger partial charge in [-0.15, -0.1) is 0 Å². The number of hydrogen-bond acceptors (Lipinski definition) is 3. The predicted octanol–water partition coefficient (Wildman–Crippen LogP) is 3.77. The number of rotatable bonds is 5. The van der Waals surface area contributed by atoms with Gasteiger partial charge in [0.2, 0.25) is 0 Å². The normalized spacial score (nSPS) is 19.4. The van der Waals surface area contributed by atoms with E-state index in [0.717, 1.165) is 28.8 Å². The smallest absolute Gasteiger partial charge is 0.121 e. The molecule has 1 aliphatic heterocycles. The molecule has 138 valence electrons. The van der Waals surface area contributed by atoms with Gasteiger partial charge in [0, 0.05) is 19.5 Å². The fourth-order valence-electron chi connectivity index (χ4n) is 3.86. The van der Waals surface area contributed by atoms with E-state index in [4.69, 9.17) is 4.74 Å². The summed E-state index contributed by atoms with van der Waals surface area (Å²) in [5, 5.41) is 15.2. The van der Waals surface area contributed by atoms with E-state index in [0.29, 0.717) is 19.6 Å². The first-order valence-corrected chi connectivity index (χ1v) is 9.51. The molecule has 3 aromatic carbocycles. The lowest BCUT2D eigenvalue weighted by atomic mass is 9.80. The van der Waals surface area contributed by atoms with Crippen LogP contribution in [0.1, 0.15) is 11.1 Å². The van der Waals surface area contributed by atoms with Gasteiger partial charge in [0.1, 0.15) is 11.7 Å². The van der Waals surface area contributed by atoms with Crippen LogP contribution in [0, 0.1) is 0 Å². The molecule has 0 saturated carbocycles. The number of nitrogens with one attached hydrogen (secondary N) is 1. The van der Waals surface area contributed by atoms with E-state index in [1.54, 1.807) is 0 Å². The maximum absolute atomic E-state index is 11.9. The number of aliphatic hydroxyl groups is 1. The van der Waals surface area contributed by atoms with Crippen LogP contribution in [0.4, 0.5) is 0 Å². The lowest BCUT2D eigenvalue weighted by Gasteiger charge is -2.39. The molecule has 27 heavy (non-hydrogen) atoms. The highest BCUT2D eigenvalue weighted by Gasteiger charge is 2.40. The zero-order valence-electron chi connectivity index (χ0n) is 15.3. The van der Waals surface area contributed by atoms with E-state index in [2.05, 4.69) is 29.6 Å². The molecule has 1 saturated heterocycles. The summed E-state index contributed by atoms with van der Waals surface area (Å²) in [4.78, 5) is 0. The minimum Gasteiger partial charge on any atom is -0.382 e. The summed E-state index contributed by atoms with van der Waals surface area (Å²) in [7, 11) is 0. The monoisotopic (exact) mass is 359 g/mol. The van der Waals surface area contributed by atoms with Crippen molar-refractivity contribution in [3.8, 4) is 11.1 Å². The standard InChI is InChI=1S/C24H25NO2/c26-24(21-12-5-2-6-13-21,23-18-25-15-16-27-23)17-20-11-7-8-14-22(20)19-9-3-1-4-10-19/h1-14,23,25-26H,15-18H2/t23-,24+/m0/s1. The van der Waals surface area contributed by atoms with Crippen LogP contribution in [-0.4, -0.2) is 30.9 Å². The van der Waals surface area contributed by atoms with Gasteiger partial charge in [-0.2, -0.15) is 0 Å². The van der Waals surface area contributed by atoms with Crippen LogP contribution >= 0.6 is 0 Å². The molecule has 1 fully saturated rings. The molecular weight excluding hydrogens is 334 g/mol. The molecule has 0 amide bonds. The van der Waals surface area contributed by atoms with Gasteiger partial charge in [0.05, 0.1) is 6.61 Å². The number of ether oxygens (including phenoxy) is 1. The number of hydrogen-bond donors (Lipinski definition) is 2. The summed E-state index contributed by atoms with van der Waals surface area (Å²) in [6, 6.07) is 28.5. The molecule has 3 nitrogen and oxygen atoms in total. The summed E-state index contributed by atoms with van der Waals surface area (Å²) >= 11 is 0. The molecule has 1 aliphatic rings. The van der Waals surface area contributed by atoms with E-state index >= 15 is 0 Å². The first-order valence-electron chi connectivity index (χ1n) is 9.51. The first kappa shape index (κ1) is 17.9. The Morgan fingerprint density at radius 1 is 0.889 bits per heavy atom. The molecule has 0 aliphatic carbocycles. The molecule has 4 rings (SSSR count). The summed E-state index contributed by atoms with van der Waals surface area (Å²) in [6.45, 7) is 2.07. The largest absolute Gasteiger partial charge is 0.382 e. The highest BCUT2D eigenvalue weighted by Crippen LogP contribution is 2.35. The molecule has 2 atom stereocenters. The van der Waals surface area contributed by atoms with Crippen LogP contribution in [0.2, 0.25) is 0 Å². The van der Waals surface area contributed by atoms with Crippen molar-refractivity contribution >= 4 is 0 Å². The maximum Gasteiger partial charge on any atom is 0.121 e. The average molecular weight is 359 g/mol. The number of benzene rings is 3. The van der Waals surface area contributed by atoms with Gasteiger partial charge in [0.25, 0.3) is 0 Å². The van der Waals surface area contributed by atoms with Gasteiger partial charge in [0.15, 0.2) is 0 Å². The first-order chi connectivity index (χ1) is 13.3. The van der Waals surface area contributed by atoms with Crippen LogP contribution in [0.25, 0.3) is 11.1 Å². The zero-order chi connectivity index (χ0) is 18.5. The molecular formula is C24H25NO2. The van der Waals surface area contributed by atoms with Crippen molar-refractivity contribution in [2.24, 2.45) is 0 Å². The van der Waals surface area contributed by atoms with E-state index in [9.17, 15) is 5.11 Å². The Balaban J connectivity index is 1.75. The summed E-state index contributed by atoms with van der Waals surface area (Å²) in [5.41, 5.74) is 3.22. The molecule has 3 aromatic rings. The van der Waals surface area contributed by atoms with Crippen molar-refractivity contribution in [2.45, 2.75) is 18.1 Å². The Kier molecular flexibility index (Phi) is 5.35. The molecule has 1 heterocycles. The average Bonchev–Trinajstić information content (AvgIpc) is 2.76. The lowest BCUT2D eigenvalue weighted by Crippen LogP contribution is -2.52. The summed E-state index contributed by atoms with van der Waals surface area (Å²) in [5.74, 6) is 0. The molecule has 2 N–H and O–H groups in total. The van der Waals surface area contributed by atoms with Crippen molar-refractivity contribution in [1.82, 2.24) is 5.32 Å². The molecule has 0 bridgehead atoms. The SMILES string of the molecule is O[C@](Cc1ccccc1-c1ccccc1)(c1ccccc1)[C@@H]1CNCCO1. The van der Waals surface area contributed by atoms with Crippen LogP contribution in [0.15, 0.2) is 84.9 Å². The summed E-state index contributed by atoms with van der Waals surface area (Å²) < 4.78 is 6.00. The van der Waals surface area contributed by atoms with Crippen LogP contribution < -0.4 is 5.32 Å². The Morgan fingerprint density at radius 3 is 2.26 bits per heavy atom. The van der Waals surface area contributed by atoms with Gasteiger partial charge in [-0.3, -0.25) is 0 Å². The Morgan fingerprint density at radius 2 is 1.56 bits per heavy atom. The van der Waals surface area contributed by atoms with E-state index in [-0.39, 0.29) is 6.10 Å². The molecule has 0 unspecified atom stereocenters. The fraction of sp³-hybridized carbons (Fsp3) is 0.250. The maximum atomic E-state index is 11.9. The third-order valence-electron chi connectivity index (χ3n) is 5.30. The van der Waals surface area contributed by atoms with E-state index in [1.165, 1.54) is 0 Å². The Labute approximate surface area is 160 Å². The van der Waals surface area contributed by atoms with E-state index in [1.807, 2.05) is 60.7 Å². The van der Waals surface area contributed by atoms with Gasteiger partial charge >= 0.3 is 0 Å². The zero-order valence-corrected chi connectivity index (χ0v) is 15.3. The van der Waals surface area contributed by atoms with Crippen molar-refractivity contribution in [1.29, 1.82) is 0 Å². The highest BCUT2D eigenvalue weighted by atomic mass is 16.5. The lowest BCUT2D eigenvalue weighted by molar-refractivity contribution is -0.124. The second kappa shape index (κ2) is 8.05. The van der Waals surface area contributed by atoms with Gasteiger partial charge in [-0.25, -0.2) is 0 Å². The second-order valence-corrected chi connectivity index (χ2v) is 7.05. The van der Waals surface area contributed by atoms with E-state index < -0.39 is 5.60 Å². The predicted molar refractivity (Wildman–Crippen MR) is 109 cm³/mol. The van der Waals surface area contributed by atoms with Crippen molar-refractivity contribution in [3.05, 3.63) is 96.1 Å². The fourth-order valence-corrected chi connectivity index (χ4v) is 3.86. The van der Waals surface area contributed by atoms with Crippen molar-refractivity contribution < 1.29 is 9.84 Å². The molecule has 0 spiro atoms. The minimum atomic E-state index is -1.10. The van der Waals surface area contributed by atoms with Crippen molar-refractivity contribution in [2.75, 3.05) is 19.7 Å². The highest BCUT2D eigenvalue weighted by molar-refractivity contribution is 5.67. The molecule has 0 aromatic heterocycles. The van der Waals surface area contributed by atoms with Gasteiger partial charge < -0.3 is 15.2 Å². The van der Waals surface area contributed by atoms with Gasteiger partial charge in [-0.05, 0) is 22.3 Å². The topological polar surface area (TPSA) is 41.5 Å². The minimum absolute atomic E-state index is 0.294. The third-order valence-corrected chi connectivity index (χ3v) is 5.30. The van der Waals surface area contributed by atoms with Crippen molar-refractivity contribution in [3.63, 3.8) is 0 Å². The number of morpholine rings is 1. The quantitative estimate of drug-likeness (QED) is 0.729.